The van der Waals surface area contributed by atoms with Crippen molar-refractivity contribution in [3.63, 3.8) is 0 Å². The molecule has 2 atom stereocenters. The summed E-state index contributed by atoms with van der Waals surface area (Å²) in [6.45, 7) is 0. The normalized spacial score (nSPS) is 17.5. The maximum absolute atomic E-state index is 10.1. The first kappa shape index (κ1) is 10.5. The molecule has 0 aliphatic carbocycles. The fraction of sp³-hybridized carbons (Fsp3) is 0.400. The minimum atomic E-state index is -3.29. The van der Waals surface area contributed by atoms with Gasteiger partial charge in [0.05, 0.1) is 0 Å². The van der Waals surface area contributed by atoms with E-state index in [0.717, 1.165) is 0 Å². The first-order valence-electron chi connectivity index (χ1n) is 2.69. The van der Waals surface area contributed by atoms with E-state index in [-0.39, 0.29) is 0 Å². The first-order chi connectivity index (χ1) is 5.36. The molecule has 0 aliphatic heterocycles. The number of rotatable bonds is 4. The SMILES string of the molecule is O=C[C@@](O)(C(=O)O)[C@H](O)C(=O)O. The predicted octanol–water partition coefficient (Wildman–Crippen LogP) is -2.55. The molecule has 7 heteroatoms. The summed E-state index contributed by atoms with van der Waals surface area (Å²) in [5.41, 5.74) is -3.29. The van der Waals surface area contributed by atoms with E-state index in [1.807, 2.05) is 0 Å². The van der Waals surface area contributed by atoms with Crippen LogP contribution in [0.2, 0.25) is 0 Å². The molecule has 0 fully saturated rings. The molecule has 4 N–H and O–H groups in total. The van der Waals surface area contributed by atoms with Gasteiger partial charge < -0.3 is 20.4 Å². The minimum Gasteiger partial charge on any atom is -0.479 e. The molecule has 0 unspecified atom stereocenters. The largest absolute Gasteiger partial charge is 0.479 e. The van der Waals surface area contributed by atoms with Gasteiger partial charge in [0.25, 0.3) is 5.60 Å². The average molecular weight is 178 g/mol. The second-order valence-corrected chi connectivity index (χ2v) is 1.99. The zero-order chi connectivity index (χ0) is 9.94. The Kier molecular flexibility index (Phi) is 2.88. The van der Waals surface area contributed by atoms with Crippen LogP contribution in [0.15, 0.2) is 0 Å². The van der Waals surface area contributed by atoms with Crippen molar-refractivity contribution in [3.8, 4) is 0 Å². The van der Waals surface area contributed by atoms with E-state index in [1.165, 1.54) is 0 Å². The van der Waals surface area contributed by atoms with E-state index >= 15 is 0 Å². The van der Waals surface area contributed by atoms with Gasteiger partial charge in [0.15, 0.2) is 12.4 Å². The van der Waals surface area contributed by atoms with E-state index in [1.54, 1.807) is 0 Å². The van der Waals surface area contributed by atoms with E-state index in [2.05, 4.69) is 0 Å². The second-order valence-electron chi connectivity index (χ2n) is 1.99. The van der Waals surface area contributed by atoms with Gasteiger partial charge in [-0.25, -0.2) is 9.59 Å². The van der Waals surface area contributed by atoms with Crippen molar-refractivity contribution >= 4 is 18.2 Å². The number of carboxylic acids is 2. The number of aliphatic hydroxyl groups excluding tert-OH is 1. The predicted molar refractivity (Wildman–Crippen MR) is 32.3 cm³/mol. The van der Waals surface area contributed by atoms with E-state index < -0.39 is 29.9 Å². The number of carbonyl (C=O) groups excluding carboxylic acids is 1. The Morgan fingerprint density at radius 3 is 1.83 bits per heavy atom. The van der Waals surface area contributed by atoms with Crippen LogP contribution in [0.3, 0.4) is 0 Å². The van der Waals surface area contributed by atoms with E-state index in [9.17, 15) is 14.4 Å². The highest BCUT2D eigenvalue weighted by molar-refractivity contribution is 6.01. The van der Waals surface area contributed by atoms with Gasteiger partial charge >= 0.3 is 11.9 Å². The van der Waals surface area contributed by atoms with Gasteiger partial charge in [0, 0.05) is 0 Å². The fourth-order valence-corrected chi connectivity index (χ4v) is 0.420. The molecule has 0 aromatic heterocycles. The third-order valence-electron chi connectivity index (χ3n) is 1.17. The van der Waals surface area contributed by atoms with E-state index in [0.29, 0.717) is 0 Å². The molecular formula is C5H6O7. The summed E-state index contributed by atoms with van der Waals surface area (Å²) in [4.78, 5) is 30.0. The smallest absolute Gasteiger partial charge is 0.346 e. The van der Waals surface area contributed by atoms with Crippen LogP contribution >= 0.6 is 0 Å². The van der Waals surface area contributed by atoms with Crippen LogP contribution in [-0.4, -0.2) is 50.4 Å². The Balaban J connectivity index is 4.87. The molecule has 0 aromatic carbocycles. The lowest BCUT2D eigenvalue weighted by Crippen LogP contribution is -2.54. The van der Waals surface area contributed by atoms with Crippen LogP contribution in [0.25, 0.3) is 0 Å². The standard InChI is InChI=1S/C5H6O7/c6-1-5(12,4(10)11)2(7)3(8)9/h1-2,7,12H,(H,8,9)(H,10,11)/t2-,5+/m1/s1. The monoisotopic (exact) mass is 178 g/mol. The lowest BCUT2D eigenvalue weighted by Gasteiger charge is -2.18. The lowest BCUT2D eigenvalue weighted by atomic mass is 9.99. The molecule has 0 heterocycles. The van der Waals surface area contributed by atoms with Crippen molar-refractivity contribution in [3.05, 3.63) is 0 Å². The molecule has 0 rings (SSSR count). The number of carboxylic acid groups (broad SMARTS) is 2. The number of hydrogen-bond donors (Lipinski definition) is 4. The van der Waals surface area contributed by atoms with Crippen molar-refractivity contribution in [2.24, 2.45) is 0 Å². The van der Waals surface area contributed by atoms with Crippen molar-refractivity contribution < 1.29 is 34.8 Å². The Bertz CT molecular complexity index is 222. The van der Waals surface area contributed by atoms with Crippen LogP contribution in [-0.2, 0) is 14.4 Å². The van der Waals surface area contributed by atoms with Gasteiger partial charge in [-0.3, -0.25) is 4.79 Å². The maximum atomic E-state index is 10.1. The molecule has 0 saturated carbocycles. The third-order valence-corrected chi connectivity index (χ3v) is 1.17. The summed E-state index contributed by atoms with van der Waals surface area (Å²) < 4.78 is 0. The Labute approximate surface area is 65.9 Å². The summed E-state index contributed by atoms with van der Waals surface area (Å²) in [5, 5.41) is 33.5. The number of aliphatic carboxylic acids is 2. The summed E-state index contributed by atoms with van der Waals surface area (Å²) in [6, 6.07) is 0. The number of hydrogen-bond acceptors (Lipinski definition) is 5. The molecule has 12 heavy (non-hydrogen) atoms. The van der Waals surface area contributed by atoms with Gasteiger partial charge in [-0.05, 0) is 0 Å². The molecule has 0 saturated heterocycles. The molecule has 0 aromatic rings. The van der Waals surface area contributed by atoms with Gasteiger partial charge in [-0.2, -0.15) is 0 Å². The molecule has 0 aliphatic rings. The molecule has 68 valence electrons. The zero-order valence-corrected chi connectivity index (χ0v) is 5.67. The Hall–Kier alpha value is -1.47. The topological polar surface area (TPSA) is 132 Å². The van der Waals surface area contributed by atoms with Crippen LogP contribution in [0.1, 0.15) is 0 Å². The van der Waals surface area contributed by atoms with Crippen LogP contribution in [0, 0.1) is 0 Å². The zero-order valence-electron chi connectivity index (χ0n) is 5.67. The Morgan fingerprint density at radius 1 is 1.33 bits per heavy atom. The van der Waals surface area contributed by atoms with Crippen LogP contribution in [0.4, 0.5) is 0 Å². The molecular weight excluding hydrogens is 172 g/mol. The van der Waals surface area contributed by atoms with Crippen molar-refractivity contribution in [1.29, 1.82) is 0 Å². The highest BCUT2D eigenvalue weighted by Crippen LogP contribution is 2.08. The number of aliphatic hydroxyl groups is 2. The van der Waals surface area contributed by atoms with Gasteiger partial charge in [-0.1, -0.05) is 0 Å². The van der Waals surface area contributed by atoms with Gasteiger partial charge in [0.2, 0.25) is 0 Å². The van der Waals surface area contributed by atoms with Crippen molar-refractivity contribution in [2.45, 2.75) is 11.7 Å². The highest BCUT2D eigenvalue weighted by Gasteiger charge is 2.48. The maximum Gasteiger partial charge on any atom is 0.346 e. The fourth-order valence-electron chi connectivity index (χ4n) is 0.420. The quantitative estimate of drug-likeness (QED) is 0.275. The summed E-state index contributed by atoms with van der Waals surface area (Å²) in [5.74, 6) is -4.11. The van der Waals surface area contributed by atoms with Crippen LogP contribution < -0.4 is 0 Å². The second kappa shape index (κ2) is 3.28. The minimum absolute atomic E-state index is 0.547. The lowest BCUT2D eigenvalue weighted by molar-refractivity contribution is -0.182. The number of aldehydes is 1. The molecule has 0 bridgehead atoms. The average Bonchev–Trinajstić information content (AvgIpc) is 2.01. The number of carbonyl (C=O) groups is 3. The third kappa shape index (κ3) is 1.57. The van der Waals surface area contributed by atoms with Crippen LogP contribution in [0.5, 0.6) is 0 Å². The highest BCUT2D eigenvalue weighted by atomic mass is 16.4. The summed E-state index contributed by atoms with van der Waals surface area (Å²) in [7, 11) is 0. The summed E-state index contributed by atoms with van der Waals surface area (Å²) in [6.07, 6.45) is -3.22. The molecule has 0 amide bonds. The Morgan fingerprint density at radius 2 is 1.75 bits per heavy atom. The van der Waals surface area contributed by atoms with E-state index in [4.69, 9.17) is 20.4 Å². The molecule has 0 radical (unpaired) electrons. The summed E-state index contributed by atoms with van der Waals surface area (Å²) >= 11 is 0. The van der Waals surface area contributed by atoms with Gasteiger partial charge in [-0.15, -0.1) is 0 Å². The first-order valence-corrected chi connectivity index (χ1v) is 2.69. The van der Waals surface area contributed by atoms with Gasteiger partial charge in [0.1, 0.15) is 0 Å². The van der Waals surface area contributed by atoms with Crippen molar-refractivity contribution in [2.75, 3.05) is 0 Å². The molecule has 0 spiro atoms. The molecule has 7 nitrogen and oxygen atoms in total. The van der Waals surface area contributed by atoms with Crippen molar-refractivity contribution in [1.82, 2.24) is 0 Å².